The third-order valence-corrected chi connectivity index (χ3v) is 4.47. The molecule has 3 rings (SSSR count). The number of benzene rings is 1. The minimum Gasteiger partial charge on any atom is -0.341 e. The molecule has 2 heterocycles. The Kier molecular flexibility index (Phi) is 3.37. The van der Waals surface area contributed by atoms with Gasteiger partial charge in [-0.3, -0.25) is 9.79 Å². The molecule has 0 N–H and O–H groups in total. The molecular formula is C14H16N2OS. The van der Waals surface area contributed by atoms with Crippen LogP contribution in [0.25, 0.3) is 0 Å². The number of hydrogen-bond donors (Lipinski definition) is 0. The highest BCUT2D eigenvalue weighted by molar-refractivity contribution is 8.14. The number of rotatable bonds is 2. The average molecular weight is 260 g/mol. The van der Waals surface area contributed by atoms with Gasteiger partial charge in [0.1, 0.15) is 6.04 Å². The lowest BCUT2D eigenvalue weighted by atomic mass is 10.2. The summed E-state index contributed by atoms with van der Waals surface area (Å²) in [7, 11) is 0. The summed E-state index contributed by atoms with van der Waals surface area (Å²) in [4.78, 5) is 18.8. The van der Waals surface area contributed by atoms with Crippen LogP contribution in [0.1, 0.15) is 18.4 Å². The molecule has 1 aromatic carbocycles. The fourth-order valence-corrected chi connectivity index (χ4v) is 3.42. The number of amides is 1. The molecule has 1 saturated heterocycles. The molecule has 0 saturated carbocycles. The van der Waals surface area contributed by atoms with Gasteiger partial charge in [-0.2, -0.15) is 0 Å². The molecule has 1 aromatic rings. The minimum atomic E-state index is -0.164. The van der Waals surface area contributed by atoms with Crippen molar-refractivity contribution in [3.8, 4) is 0 Å². The summed E-state index contributed by atoms with van der Waals surface area (Å²) in [5.41, 5.74) is 1.12. The third kappa shape index (κ3) is 2.29. The summed E-state index contributed by atoms with van der Waals surface area (Å²) >= 11 is 1.69. The summed E-state index contributed by atoms with van der Waals surface area (Å²) < 4.78 is 0. The lowest BCUT2D eigenvalue weighted by molar-refractivity contribution is -0.130. The van der Waals surface area contributed by atoms with Gasteiger partial charge in [-0.1, -0.05) is 30.3 Å². The Morgan fingerprint density at radius 1 is 1.22 bits per heavy atom. The highest BCUT2D eigenvalue weighted by Crippen LogP contribution is 2.25. The second kappa shape index (κ2) is 5.14. The van der Waals surface area contributed by atoms with E-state index in [1.807, 2.05) is 23.1 Å². The van der Waals surface area contributed by atoms with Gasteiger partial charge in [-0.15, -0.1) is 11.8 Å². The Bertz CT molecular complexity index is 466. The van der Waals surface area contributed by atoms with Crippen molar-refractivity contribution >= 4 is 22.7 Å². The first-order chi connectivity index (χ1) is 8.84. The average Bonchev–Trinajstić information content (AvgIpc) is 3.10. The molecule has 94 valence electrons. The Balaban J connectivity index is 1.73. The van der Waals surface area contributed by atoms with Gasteiger partial charge < -0.3 is 4.90 Å². The monoisotopic (exact) mass is 260 g/mol. The molecule has 1 unspecified atom stereocenters. The van der Waals surface area contributed by atoms with Gasteiger partial charge in [0.15, 0.2) is 0 Å². The molecule has 1 atom stereocenters. The fraction of sp³-hybridized carbons (Fsp3) is 0.429. The second-order valence-electron chi connectivity index (χ2n) is 4.66. The molecule has 0 aliphatic carbocycles. The van der Waals surface area contributed by atoms with Gasteiger partial charge in [-0.25, -0.2) is 0 Å². The van der Waals surface area contributed by atoms with E-state index in [1.54, 1.807) is 11.8 Å². The molecule has 2 aliphatic rings. The summed E-state index contributed by atoms with van der Waals surface area (Å²) in [6, 6.07) is 9.95. The molecule has 1 fully saturated rings. The normalized spacial score (nSPS) is 23.2. The number of carbonyl (C=O) groups excluding carboxylic acids is 1. The van der Waals surface area contributed by atoms with E-state index in [4.69, 9.17) is 0 Å². The van der Waals surface area contributed by atoms with Crippen molar-refractivity contribution in [2.75, 3.05) is 18.8 Å². The molecule has 3 nitrogen and oxygen atoms in total. The zero-order valence-corrected chi connectivity index (χ0v) is 11.0. The van der Waals surface area contributed by atoms with Gasteiger partial charge in [0.05, 0.1) is 5.04 Å². The molecule has 0 bridgehead atoms. The second-order valence-corrected chi connectivity index (χ2v) is 5.67. The third-order valence-electron chi connectivity index (χ3n) is 3.37. The largest absolute Gasteiger partial charge is 0.341 e. The number of aliphatic imine (C=N–C) groups is 1. The lowest BCUT2D eigenvalue weighted by Crippen LogP contribution is -2.36. The van der Waals surface area contributed by atoms with Crippen LogP contribution < -0.4 is 0 Å². The molecule has 0 radical (unpaired) electrons. The van der Waals surface area contributed by atoms with Crippen LogP contribution in [0.15, 0.2) is 35.3 Å². The number of likely N-dealkylation sites (tertiary alicyclic amines) is 1. The first kappa shape index (κ1) is 11.8. The maximum atomic E-state index is 12.2. The van der Waals surface area contributed by atoms with Crippen LogP contribution in [0.3, 0.4) is 0 Å². The smallest absolute Gasteiger partial charge is 0.248 e. The summed E-state index contributed by atoms with van der Waals surface area (Å²) in [6.45, 7) is 1.83. The van der Waals surface area contributed by atoms with E-state index < -0.39 is 0 Å². The van der Waals surface area contributed by atoms with Gasteiger partial charge in [-0.05, 0) is 12.8 Å². The maximum absolute atomic E-state index is 12.2. The predicted octanol–water partition coefficient (Wildman–Crippen LogP) is 2.17. The number of thioether (sulfide) groups is 1. The van der Waals surface area contributed by atoms with Gasteiger partial charge in [0, 0.05) is 24.4 Å². The molecule has 4 heteroatoms. The summed E-state index contributed by atoms with van der Waals surface area (Å²) in [6.07, 6.45) is 2.28. The van der Waals surface area contributed by atoms with Crippen molar-refractivity contribution in [3.63, 3.8) is 0 Å². The van der Waals surface area contributed by atoms with Crippen molar-refractivity contribution in [2.45, 2.75) is 18.9 Å². The van der Waals surface area contributed by atoms with Crippen LogP contribution in [0, 0.1) is 0 Å². The van der Waals surface area contributed by atoms with Crippen LogP contribution >= 0.6 is 11.8 Å². The topological polar surface area (TPSA) is 32.7 Å². The van der Waals surface area contributed by atoms with Crippen LogP contribution in [0.2, 0.25) is 0 Å². The minimum absolute atomic E-state index is 0.164. The first-order valence-electron chi connectivity index (χ1n) is 6.39. The molecule has 18 heavy (non-hydrogen) atoms. The Hall–Kier alpha value is -1.29. The standard InChI is InChI=1S/C14H16N2OS/c17-14(16-8-4-5-9-16)12-10-18-13(15-12)11-6-2-1-3-7-11/h1-3,6-7,12H,4-5,8-10H2. The Labute approximate surface area is 111 Å². The quantitative estimate of drug-likeness (QED) is 0.816. The zero-order valence-electron chi connectivity index (χ0n) is 10.2. The SMILES string of the molecule is O=C(C1CSC(c2ccccc2)=N1)N1CCCC1. The van der Waals surface area contributed by atoms with Crippen LogP contribution in [0.4, 0.5) is 0 Å². The number of carbonyl (C=O) groups is 1. The highest BCUT2D eigenvalue weighted by atomic mass is 32.2. The van der Waals surface area contributed by atoms with Gasteiger partial charge in [0.2, 0.25) is 5.91 Å². The zero-order chi connectivity index (χ0) is 12.4. The van der Waals surface area contributed by atoms with E-state index in [9.17, 15) is 4.79 Å². The maximum Gasteiger partial charge on any atom is 0.248 e. The first-order valence-corrected chi connectivity index (χ1v) is 7.38. The van der Waals surface area contributed by atoms with Crippen LogP contribution in [-0.2, 0) is 4.79 Å². The number of hydrogen-bond acceptors (Lipinski definition) is 3. The van der Waals surface area contributed by atoms with Crippen molar-refractivity contribution in [1.29, 1.82) is 0 Å². The Morgan fingerprint density at radius 3 is 2.67 bits per heavy atom. The van der Waals surface area contributed by atoms with Crippen LogP contribution in [-0.4, -0.2) is 40.7 Å². The van der Waals surface area contributed by atoms with Crippen molar-refractivity contribution in [2.24, 2.45) is 4.99 Å². The van der Waals surface area contributed by atoms with E-state index in [0.717, 1.165) is 42.3 Å². The highest BCUT2D eigenvalue weighted by Gasteiger charge is 2.30. The molecule has 0 aromatic heterocycles. The molecule has 2 aliphatic heterocycles. The van der Waals surface area contributed by atoms with Crippen molar-refractivity contribution < 1.29 is 4.79 Å². The fourth-order valence-electron chi connectivity index (χ4n) is 2.39. The summed E-state index contributed by atoms with van der Waals surface area (Å²) in [5, 5.41) is 1.01. The van der Waals surface area contributed by atoms with E-state index in [2.05, 4.69) is 17.1 Å². The van der Waals surface area contributed by atoms with E-state index in [0.29, 0.717) is 0 Å². The van der Waals surface area contributed by atoms with E-state index in [-0.39, 0.29) is 11.9 Å². The van der Waals surface area contributed by atoms with Crippen LogP contribution in [0.5, 0.6) is 0 Å². The molecule has 0 spiro atoms. The molecule has 1 amide bonds. The van der Waals surface area contributed by atoms with E-state index in [1.165, 1.54) is 0 Å². The Morgan fingerprint density at radius 2 is 1.94 bits per heavy atom. The van der Waals surface area contributed by atoms with Gasteiger partial charge in [0.25, 0.3) is 0 Å². The number of nitrogens with zero attached hydrogens (tertiary/aromatic N) is 2. The molecular weight excluding hydrogens is 244 g/mol. The predicted molar refractivity (Wildman–Crippen MR) is 75.0 cm³/mol. The van der Waals surface area contributed by atoms with Gasteiger partial charge >= 0.3 is 0 Å². The van der Waals surface area contributed by atoms with Crippen molar-refractivity contribution in [3.05, 3.63) is 35.9 Å². The lowest BCUT2D eigenvalue weighted by Gasteiger charge is -2.17. The van der Waals surface area contributed by atoms with Crippen molar-refractivity contribution in [1.82, 2.24) is 4.90 Å². The summed E-state index contributed by atoms with van der Waals surface area (Å²) in [5.74, 6) is 1.01. The van der Waals surface area contributed by atoms with E-state index >= 15 is 0 Å².